The zero-order chi connectivity index (χ0) is 19.4. The molecule has 3 rings (SSSR count). The zero-order valence-corrected chi connectivity index (χ0v) is 15.0. The summed E-state index contributed by atoms with van der Waals surface area (Å²) in [5.41, 5.74) is 1.81. The summed E-state index contributed by atoms with van der Waals surface area (Å²) >= 11 is 0. The molecule has 0 bridgehead atoms. The first-order valence-electron chi connectivity index (χ1n) is 8.55. The van der Waals surface area contributed by atoms with E-state index in [-0.39, 0.29) is 23.7 Å². The van der Waals surface area contributed by atoms with Gasteiger partial charge in [0, 0.05) is 18.2 Å². The van der Waals surface area contributed by atoms with Crippen LogP contribution < -0.4 is 5.32 Å². The molecule has 0 spiro atoms. The van der Waals surface area contributed by atoms with E-state index in [9.17, 15) is 14.7 Å². The molecule has 1 amide bonds. The molecule has 0 aliphatic rings. The van der Waals surface area contributed by atoms with E-state index in [0.717, 1.165) is 5.56 Å². The summed E-state index contributed by atoms with van der Waals surface area (Å²) < 4.78 is 6.26. The minimum atomic E-state index is -0.854. The van der Waals surface area contributed by atoms with Crippen LogP contribution in [0.1, 0.15) is 28.5 Å². The van der Waals surface area contributed by atoms with Crippen molar-refractivity contribution < 1.29 is 19.4 Å². The first kappa shape index (κ1) is 18.4. The fourth-order valence-electron chi connectivity index (χ4n) is 2.75. The second-order valence-corrected chi connectivity index (χ2v) is 6.02. The second kappa shape index (κ2) is 7.86. The molecule has 2 N–H and O–H groups in total. The summed E-state index contributed by atoms with van der Waals surface area (Å²) in [5, 5.41) is 16.6. The quantitative estimate of drug-likeness (QED) is 0.641. The topological polar surface area (TPSA) is 106 Å². The Morgan fingerprint density at radius 3 is 2.74 bits per heavy atom. The van der Waals surface area contributed by atoms with Crippen LogP contribution in [0.15, 0.2) is 42.6 Å². The van der Waals surface area contributed by atoms with Crippen LogP contribution in [0.25, 0.3) is 5.65 Å². The molecule has 3 aromatic rings. The number of benzene rings is 1. The van der Waals surface area contributed by atoms with Crippen LogP contribution in [0.3, 0.4) is 0 Å². The van der Waals surface area contributed by atoms with Crippen molar-refractivity contribution in [1.82, 2.24) is 19.9 Å². The van der Waals surface area contributed by atoms with Crippen molar-refractivity contribution in [2.24, 2.45) is 0 Å². The monoisotopic (exact) mass is 368 g/mol. The predicted octanol–water partition coefficient (Wildman–Crippen LogP) is 1.65. The van der Waals surface area contributed by atoms with Crippen LogP contribution in [-0.4, -0.2) is 44.2 Å². The summed E-state index contributed by atoms with van der Waals surface area (Å²) in [6, 6.07) is 9.93. The second-order valence-electron chi connectivity index (χ2n) is 6.02. The fourth-order valence-corrected chi connectivity index (χ4v) is 2.75. The van der Waals surface area contributed by atoms with Crippen LogP contribution in [0.4, 0.5) is 0 Å². The van der Waals surface area contributed by atoms with Gasteiger partial charge in [0.1, 0.15) is 11.6 Å². The van der Waals surface area contributed by atoms with Crippen LogP contribution >= 0.6 is 0 Å². The van der Waals surface area contributed by atoms with Gasteiger partial charge in [-0.1, -0.05) is 30.3 Å². The lowest BCUT2D eigenvalue weighted by Crippen LogP contribution is -2.43. The fraction of sp³-hybridized carbons (Fsp3) is 0.263. The number of hydrogen-bond donors (Lipinski definition) is 2. The molecule has 8 nitrogen and oxygen atoms in total. The van der Waals surface area contributed by atoms with Gasteiger partial charge in [-0.05, 0) is 19.4 Å². The number of hydrogen-bond acceptors (Lipinski definition) is 6. The van der Waals surface area contributed by atoms with Crippen molar-refractivity contribution >= 4 is 17.5 Å². The van der Waals surface area contributed by atoms with Crippen LogP contribution in [0, 0.1) is 6.92 Å². The zero-order valence-electron chi connectivity index (χ0n) is 15.0. The molecule has 2 aromatic heterocycles. The molecule has 27 heavy (non-hydrogen) atoms. The summed E-state index contributed by atoms with van der Waals surface area (Å²) in [5.74, 6) is -1.16. The van der Waals surface area contributed by atoms with E-state index in [1.165, 1.54) is 16.8 Å². The molecule has 140 valence electrons. The van der Waals surface area contributed by atoms with E-state index in [1.54, 1.807) is 13.8 Å². The van der Waals surface area contributed by atoms with E-state index in [1.807, 2.05) is 30.3 Å². The number of nitrogens with zero attached hydrogens (tertiary/aromatic N) is 3. The van der Waals surface area contributed by atoms with Gasteiger partial charge >= 0.3 is 5.97 Å². The molecule has 1 aromatic carbocycles. The molecule has 0 radical (unpaired) electrons. The third kappa shape index (κ3) is 4.05. The van der Waals surface area contributed by atoms with Crippen molar-refractivity contribution in [2.45, 2.75) is 26.3 Å². The number of amides is 1. The molecule has 0 saturated heterocycles. The van der Waals surface area contributed by atoms with Gasteiger partial charge in [0.2, 0.25) is 5.88 Å². The maximum atomic E-state index is 12.8. The maximum Gasteiger partial charge on any atom is 0.328 e. The van der Waals surface area contributed by atoms with Gasteiger partial charge in [-0.15, -0.1) is 0 Å². The molecule has 0 unspecified atom stereocenters. The molecule has 8 heteroatoms. The van der Waals surface area contributed by atoms with Crippen molar-refractivity contribution in [3.63, 3.8) is 0 Å². The number of aromatic hydroxyl groups is 1. The molecule has 0 fully saturated rings. The average Bonchev–Trinajstić information content (AvgIpc) is 3.06. The van der Waals surface area contributed by atoms with Crippen LogP contribution in [0.2, 0.25) is 0 Å². The maximum absolute atomic E-state index is 12.8. The molecule has 1 atom stereocenters. The summed E-state index contributed by atoms with van der Waals surface area (Å²) in [7, 11) is 0. The highest BCUT2D eigenvalue weighted by Gasteiger charge is 2.25. The third-order valence-electron chi connectivity index (χ3n) is 3.98. The van der Waals surface area contributed by atoms with Gasteiger partial charge in [0.15, 0.2) is 5.65 Å². The molecular formula is C19H20N4O4. The number of esters is 1. The van der Waals surface area contributed by atoms with Crippen molar-refractivity contribution in [1.29, 1.82) is 0 Å². The third-order valence-corrected chi connectivity index (χ3v) is 3.98. The Hall–Kier alpha value is -3.42. The molecule has 0 aliphatic heterocycles. The van der Waals surface area contributed by atoms with E-state index in [4.69, 9.17) is 4.74 Å². The Labute approximate surface area is 155 Å². The number of carbonyl (C=O) groups is 2. The van der Waals surface area contributed by atoms with Crippen LogP contribution in [-0.2, 0) is 16.0 Å². The standard InChI is InChI=1S/C19H20N4O4/c1-3-27-19(26)15(10-13-7-5-4-6-8-13)22-18(25)14-11-20-23-16(24)9-12(2)21-17(14)23/h4-9,11,15,24H,3,10H2,1-2H3,(H,22,25)/t15-/m0/s1. The molecular weight excluding hydrogens is 348 g/mol. The number of aromatic nitrogens is 3. The number of nitrogens with one attached hydrogen (secondary N) is 1. The van der Waals surface area contributed by atoms with Crippen molar-refractivity contribution in [3.05, 3.63) is 59.4 Å². The van der Waals surface area contributed by atoms with E-state index in [0.29, 0.717) is 12.1 Å². The largest absolute Gasteiger partial charge is 0.493 e. The average molecular weight is 368 g/mol. The smallest absolute Gasteiger partial charge is 0.328 e. The normalized spacial score (nSPS) is 11.9. The lowest BCUT2D eigenvalue weighted by molar-refractivity contribution is -0.145. The Kier molecular flexibility index (Phi) is 5.35. The van der Waals surface area contributed by atoms with Crippen molar-refractivity contribution in [2.75, 3.05) is 6.61 Å². The van der Waals surface area contributed by atoms with Gasteiger partial charge in [0.25, 0.3) is 5.91 Å². The minimum absolute atomic E-state index is 0.122. The Balaban J connectivity index is 1.87. The van der Waals surface area contributed by atoms with Crippen molar-refractivity contribution in [3.8, 4) is 5.88 Å². The van der Waals surface area contributed by atoms with Gasteiger partial charge < -0.3 is 15.2 Å². The molecule has 2 heterocycles. The highest BCUT2D eigenvalue weighted by Crippen LogP contribution is 2.16. The highest BCUT2D eigenvalue weighted by atomic mass is 16.5. The Morgan fingerprint density at radius 2 is 2.04 bits per heavy atom. The lowest BCUT2D eigenvalue weighted by atomic mass is 10.1. The van der Waals surface area contributed by atoms with Gasteiger partial charge in [-0.3, -0.25) is 4.79 Å². The number of ether oxygens (including phenoxy) is 1. The number of rotatable bonds is 6. The van der Waals surface area contributed by atoms with Gasteiger partial charge in [0.05, 0.1) is 12.8 Å². The Bertz CT molecular complexity index is 969. The minimum Gasteiger partial charge on any atom is -0.493 e. The first-order valence-corrected chi connectivity index (χ1v) is 8.55. The molecule has 0 saturated carbocycles. The number of fused-ring (bicyclic) bond motifs is 1. The van der Waals surface area contributed by atoms with E-state index >= 15 is 0 Å². The predicted molar refractivity (Wildman–Crippen MR) is 97.4 cm³/mol. The van der Waals surface area contributed by atoms with Gasteiger partial charge in [-0.25, -0.2) is 9.78 Å². The number of aryl methyl sites for hydroxylation is 1. The highest BCUT2D eigenvalue weighted by molar-refractivity contribution is 6.01. The summed E-state index contributed by atoms with van der Waals surface area (Å²) in [6.45, 7) is 3.62. The van der Waals surface area contributed by atoms with Crippen LogP contribution in [0.5, 0.6) is 5.88 Å². The van der Waals surface area contributed by atoms with E-state index < -0.39 is 17.9 Å². The van der Waals surface area contributed by atoms with Gasteiger partial charge in [-0.2, -0.15) is 9.61 Å². The summed E-state index contributed by atoms with van der Waals surface area (Å²) in [6.07, 6.45) is 1.60. The first-order chi connectivity index (χ1) is 13.0. The van der Waals surface area contributed by atoms with E-state index in [2.05, 4.69) is 15.4 Å². The lowest BCUT2D eigenvalue weighted by Gasteiger charge is -2.17. The number of carbonyl (C=O) groups excluding carboxylic acids is 2. The Morgan fingerprint density at radius 1 is 1.30 bits per heavy atom. The molecule has 0 aliphatic carbocycles. The SMILES string of the molecule is CCOC(=O)[C@H](Cc1ccccc1)NC(=O)c1cnn2c(O)cc(C)nc12. The summed E-state index contributed by atoms with van der Waals surface area (Å²) in [4.78, 5) is 29.3.